The van der Waals surface area contributed by atoms with Crippen molar-refractivity contribution < 1.29 is 13.2 Å². The first-order valence-corrected chi connectivity index (χ1v) is 9.26. The largest absolute Gasteiger partial charge is 0.312 e. The fraction of sp³-hybridized carbons (Fsp3) is 0.278. The monoisotopic (exact) mass is 346 g/mol. The summed E-state index contributed by atoms with van der Waals surface area (Å²) in [5, 5.41) is 0. The molecule has 0 aliphatic heterocycles. The number of amides is 1. The summed E-state index contributed by atoms with van der Waals surface area (Å²) in [4.78, 5) is 14.1. The molecule has 0 unspecified atom stereocenters. The summed E-state index contributed by atoms with van der Waals surface area (Å²) in [6.45, 7) is 5.81. The van der Waals surface area contributed by atoms with Crippen molar-refractivity contribution in [1.82, 2.24) is 4.72 Å². The standard InChI is InChI=1S/C18H22N2O3S/c1-4-20(16-8-6-5-7-9-16)18(21)13-19-24(22,23)17-11-10-14(2)15(3)12-17/h5-12,19H,4,13H2,1-3H3. The van der Waals surface area contributed by atoms with Crippen LogP contribution in [0.2, 0.25) is 0 Å². The third-order valence-corrected chi connectivity index (χ3v) is 5.29. The highest BCUT2D eigenvalue weighted by Gasteiger charge is 2.19. The van der Waals surface area contributed by atoms with Crippen LogP contribution in [0.5, 0.6) is 0 Å². The van der Waals surface area contributed by atoms with Crippen molar-refractivity contribution in [3.05, 3.63) is 59.7 Å². The molecule has 0 radical (unpaired) electrons. The van der Waals surface area contributed by atoms with Crippen LogP contribution in [0.25, 0.3) is 0 Å². The van der Waals surface area contributed by atoms with Gasteiger partial charge in [0.2, 0.25) is 15.9 Å². The molecule has 2 aromatic rings. The molecule has 0 spiro atoms. The van der Waals surface area contributed by atoms with Crippen LogP contribution in [0.15, 0.2) is 53.4 Å². The zero-order valence-corrected chi connectivity index (χ0v) is 14.9. The SMILES string of the molecule is CCN(C(=O)CNS(=O)(=O)c1ccc(C)c(C)c1)c1ccccc1. The van der Waals surface area contributed by atoms with Gasteiger partial charge in [-0.25, -0.2) is 13.1 Å². The van der Waals surface area contributed by atoms with Crippen LogP contribution in [0.1, 0.15) is 18.1 Å². The lowest BCUT2D eigenvalue weighted by Gasteiger charge is -2.21. The van der Waals surface area contributed by atoms with Crippen molar-refractivity contribution in [2.45, 2.75) is 25.7 Å². The van der Waals surface area contributed by atoms with E-state index >= 15 is 0 Å². The maximum Gasteiger partial charge on any atom is 0.242 e. The number of sulfonamides is 1. The highest BCUT2D eigenvalue weighted by Crippen LogP contribution is 2.15. The van der Waals surface area contributed by atoms with Crippen LogP contribution in [-0.2, 0) is 14.8 Å². The van der Waals surface area contributed by atoms with Gasteiger partial charge in [-0.2, -0.15) is 0 Å². The Bertz CT molecular complexity index is 817. The van der Waals surface area contributed by atoms with Crippen molar-refractivity contribution in [3.8, 4) is 0 Å². The maximum atomic E-state index is 12.4. The van der Waals surface area contributed by atoms with Crippen LogP contribution >= 0.6 is 0 Å². The molecule has 2 aromatic carbocycles. The highest BCUT2D eigenvalue weighted by atomic mass is 32.2. The van der Waals surface area contributed by atoms with Crippen LogP contribution in [0.3, 0.4) is 0 Å². The van der Waals surface area contributed by atoms with Gasteiger partial charge in [-0.15, -0.1) is 0 Å². The Morgan fingerprint density at radius 1 is 1.04 bits per heavy atom. The number of carbonyl (C=O) groups excluding carboxylic acids is 1. The van der Waals surface area contributed by atoms with E-state index in [1.807, 2.05) is 51.1 Å². The molecular weight excluding hydrogens is 324 g/mol. The molecule has 0 heterocycles. The van der Waals surface area contributed by atoms with Crippen molar-refractivity contribution in [2.24, 2.45) is 0 Å². The molecule has 24 heavy (non-hydrogen) atoms. The van der Waals surface area contributed by atoms with Gasteiger partial charge in [0.1, 0.15) is 0 Å². The lowest BCUT2D eigenvalue weighted by molar-refractivity contribution is -0.117. The van der Waals surface area contributed by atoms with Gasteiger partial charge in [-0.1, -0.05) is 24.3 Å². The summed E-state index contributed by atoms with van der Waals surface area (Å²) in [6, 6.07) is 14.1. The average molecular weight is 346 g/mol. The number of hydrogen-bond donors (Lipinski definition) is 1. The van der Waals surface area contributed by atoms with E-state index in [0.717, 1.165) is 16.8 Å². The number of carbonyl (C=O) groups is 1. The van der Waals surface area contributed by atoms with E-state index in [9.17, 15) is 13.2 Å². The Balaban J connectivity index is 2.10. The third kappa shape index (κ3) is 4.21. The lowest BCUT2D eigenvalue weighted by atomic mass is 10.1. The van der Waals surface area contributed by atoms with Gasteiger partial charge in [0.05, 0.1) is 11.4 Å². The zero-order chi connectivity index (χ0) is 17.7. The first-order valence-electron chi connectivity index (χ1n) is 7.77. The molecule has 1 amide bonds. The van der Waals surface area contributed by atoms with Gasteiger partial charge in [0.15, 0.2) is 0 Å². The quantitative estimate of drug-likeness (QED) is 0.874. The lowest BCUT2D eigenvalue weighted by Crippen LogP contribution is -2.40. The Labute approximate surface area is 143 Å². The van der Waals surface area contributed by atoms with Crippen molar-refractivity contribution in [2.75, 3.05) is 18.0 Å². The van der Waals surface area contributed by atoms with Crippen molar-refractivity contribution in [3.63, 3.8) is 0 Å². The molecule has 0 saturated carbocycles. The third-order valence-electron chi connectivity index (χ3n) is 3.89. The number of aryl methyl sites for hydroxylation is 2. The molecule has 2 rings (SSSR count). The van der Waals surface area contributed by atoms with E-state index in [1.165, 1.54) is 0 Å². The summed E-state index contributed by atoms with van der Waals surface area (Å²) in [6.07, 6.45) is 0. The van der Waals surface area contributed by atoms with Crippen LogP contribution in [0.4, 0.5) is 5.69 Å². The molecule has 6 heteroatoms. The number of nitrogens with zero attached hydrogens (tertiary/aromatic N) is 1. The smallest absolute Gasteiger partial charge is 0.242 e. The molecule has 0 saturated heterocycles. The normalized spacial score (nSPS) is 11.3. The maximum absolute atomic E-state index is 12.4. The minimum atomic E-state index is -3.72. The first-order chi connectivity index (χ1) is 11.3. The summed E-state index contributed by atoms with van der Waals surface area (Å²) in [5.74, 6) is -0.295. The molecule has 0 aromatic heterocycles. The van der Waals surface area contributed by atoms with E-state index in [2.05, 4.69) is 4.72 Å². The Morgan fingerprint density at radius 3 is 2.29 bits per heavy atom. The molecule has 128 valence electrons. The summed E-state index contributed by atoms with van der Waals surface area (Å²) in [5.41, 5.74) is 2.66. The molecule has 1 N–H and O–H groups in total. The van der Waals surface area contributed by atoms with Gasteiger partial charge >= 0.3 is 0 Å². The second-order valence-corrected chi connectivity index (χ2v) is 7.31. The Morgan fingerprint density at radius 2 is 1.71 bits per heavy atom. The predicted molar refractivity (Wildman–Crippen MR) is 95.6 cm³/mol. The van der Waals surface area contributed by atoms with Gasteiger partial charge in [-0.05, 0) is 56.2 Å². The van der Waals surface area contributed by atoms with Crippen molar-refractivity contribution >= 4 is 21.6 Å². The van der Waals surface area contributed by atoms with Gasteiger partial charge in [-0.3, -0.25) is 4.79 Å². The molecule has 0 aliphatic carbocycles. The minimum Gasteiger partial charge on any atom is -0.312 e. The molecule has 0 atom stereocenters. The van der Waals surface area contributed by atoms with Crippen molar-refractivity contribution in [1.29, 1.82) is 0 Å². The Kier molecular flexibility index (Phi) is 5.75. The molecular formula is C18H22N2O3S. The topological polar surface area (TPSA) is 66.5 Å². The molecule has 0 fully saturated rings. The number of benzene rings is 2. The minimum absolute atomic E-state index is 0.168. The second kappa shape index (κ2) is 7.59. The van der Waals surface area contributed by atoms with E-state index in [-0.39, 0.29) is 17.3 Å². The highest BCUT2D eigenvalue weighted by molar-refractivity contribution is 7.89. The average Bonchev–Trinajstić information content (AvgIpc) is 2.57. The number of hydrogen-bond acceptors (Lipinski definition) is 3. The first kappa shape index (κ1) is 18.2. The van der Waals surface area contributed by atoms with Gasteiger partial charge in [0.25, 0.3) is 0 Å². The Hall–Kier alpha value is -2.18. The summed E-state index contributed by atoms with van der Waals surface area (Å²) < 4.78 is 27.1. The van der Waals surface area contributed by atoms with E-state index in [0.29, 0.717) is 6.54 Å². The fourth-order valence-electron chi connectivity index (χ4n) is 2.33. The summed E-state index contributed by atoms with van der Waals surface area (Å²) in [7, 11) is -3.72. The zero-order valence-electron chi connectivity index (χ0n) is 14.1. The van der Waals surface area contributed by atoms with E-state index < -0.39 is 10.0 Å². The number of para-hydroxylation sites is 1. The molecule has 0 aliphatic rings. The second-order valence-electron chi connectivity index (χ2n) is 5.54. The van der Waals surface area contributed by atoms with Crippen LogP contribution < -0.4 is 9.62 Å². The number of nitrogens with one attached hydrogen (secondary N) is 1. The van der Waals surface area contributed by atoms with Gasteiger partial charge < -0.3 is 4.90 Å². The fourth-order valence-corrected chi connectivity index (χ4v) is 3.39. The molecule has 0 bridgehead atoms. The van der Waals surface area contributed by atoms with E-state index in [4.69, 9.17) is 0 Å². The van der Waals surface area contributed by atoms with Crippen LogP contribution in [0, 0.1) is 13.8 Å². The van der Waals surface area contributed by atoms with Crippen LogP contribution in [-0.4, -0.2) is 27.4 Å². The van der Waals surface area contributed by atoms with Gasteiger partial charge in [0, 0.05) is 12.2 Å². The molecule has 5 nitrogen and oxygen atoms in total. The predicted octanol–water partition coefficient (Wildman–Crippen LogP) is 2.63. The van der Waals surface area contributed by atoms with E-state index in [1.54, 1.807) is 23.1 Å². The summed E-state index contributed by atoms with van der Waals surface area (Å²) >= 11 is 0. The number of likely N-dealkylation sites (N-methyl/N-ethyl adjacent to an activating group) is 1. The number of anilines is 1. The number of rotatable bonds is 6.